The molecule has 0 aromatic heterocycles. The van der Waals surface area contributed by atoms with Crippen LogP contribution in [-0.2, 0) is 58.7 Å². The van der Waals surface area contributed by atoms with E-state index >= 15 is 0 Å². The summed E-state index contributed by atoms with van der Waals surface area (Å²) < 4.78 is 53.4. The van der Waals surface area contributed by atoms with E-state index in [0.29, 0.717) is 63.4 Å². The molecule has 0 radical (unpaired) electrons. The van der Waals surface area contributed by atoms with Gasteiger partial charge in [-0.1, -0.05) is 82.2 Å². The molecule has 2 bridgehead atoms. The van der Waals surface area contributed by atoms with Crippen LogP contribution in [-0.4, -0.2) is 145 Å². The number of nitrogens with zero attached hydrogens (tertiary/aromatic N) is 1. The van der Waals surface area contributed by atoms with Gasteiger partial charge in [0, 0.05) is 57.1 Å². The minimum atomic E-state index is -2.54. The lowest BCUT2D eigenvalue weighted by atomic mass is 9.78. The van der Waals surface area contributed by atoms with E-state index in [9.17, 15) is 48.1 Å². The Hall–Kier alpha value is -3.26. The number of allylic oxidation sites excluding steroid dienone is 6. The fraction of sp³-hybridized carbons (Fsp3) is 0.764. The number of carbonyl (C=O) groups excluding carboxylic acids is 5. The molecule has 3 N–H and O–H groups in total. The predicted molar refractivity (Wildman–Crippen MR) is 272 cm³/mol. The number of ketones is 3. The van der Waals surface area contributed by atoms with E-state index in [4.69, 9.17) is 23.7 Å². The second kappa shape index (κ2) is 28.0. The van der Waals surface area contributed by atoms with Crippen LogP contribution in [0.5, 0.6) is 0 Å². The number of carbonyl (C=O) groups is 5. The SMILES string of the molecule is CO[C@@H]1C[C@H](C[C@@H](C)[C@@H]2CC(=O)[C@H](C)/C=C(\C)[C@@H](O)[C@@H](OC)C(=O)[C@H](C)C[C@H](C)/C=C/C=C/C=C(\C)[C@@H](OC(C)(C)CCS(=O)[O-])C[C@@H]3CC[C@@H](C)[C@@](O)(O3)C(=O)C(=O)N3CCCC[C@H]3C(=O)O2)CC[C@H]1O. The van der Waals surface area contributed by atoms with Crippen molar-refractivity contribution in [1.29, 1.82) is 0 Å². The average Bonchev–Trinajstić information content (AvgIpc) is 3.33. The number of ether oxygens (including phenoxy) is 5. The van der Waals surface area contributed by atoms with Gasteiger partial charge in [0.1, 0.15) is 30.1 Å². The Morgan fingerprint density at radius 2 is 1.62 bits per heavy atom. The lowest BCUT2D eigenvalue weighted by molar-refractivity contribution is -0.267. The van der Waals surface area contributed by atoms with Crippen molar-refractivity contribution in [2.24, 2.45) is 35.5 Å². The molecule has 3 aliphatic heterocycles. The number of aliphatic hydroxyl groups is 3. The maximum atomic E-state index is 14.5. The largest absolute Gasteiger partial charge is 0.772 e. The highest BCUT2D eigenvalue weighted by atomic mass is 32.2. The zero-order valence-electron chi connectivity index (χ0n) is 44.7. The number of amides is 1. The van der Waals surface area contributed by atoms with E-state index in [2.05, 4.69) is 0 Å². The van der Waals surface area contributed by atoms with E-state index in [0.717, 1.165) is 10.5 Å². The number of aliphatic hydroxyl groups excluding tert-OH is 2. The van der Waals surface area contributed by atoms with Gasteiger partial charge in [-0.2, -0.15) is 0 Å². The molecule has 4 aliphatic rings. The van der Waals surface area contributed by atoms with Gasteiger partial charge in [0.25, 0.3) is 11.7 Å². The van der Waals surface area contributed by atoms with Crippen LogP contribution in [0.3, 0.4) is 0 Å². The molecule has 1 saturated carbocycles. The summed E-state index contributed by atoms with van der Waals surface area (Å²) in [6.07, 6.45) is 9.93. The van der Waals surface area contributed by atoms with Crippen LogP contribution in [0.4, 0.5) is 0 Å². The Morgan fingerprint density at radius 3 is 2.29 bits per heavy atom. The Kier molecular flexibility index (Phi) is 23.9. The standard InChI is InChI=1S/C55H87NO15S/c1-33-17-13-12-14-18-34(2)46(71-54(8,9)24-26-72(65)66)31-41-22-20-39(7)55(64,70-41)51(61)52(62)56-25-16-15-19-42(56)53(63)69-45(36(4)29-40-21-23-43(57)47(30-40)67-10)32-44(58)35(3)28-38(6)49(60)50(68-11)48(59)37(5)27-33/h12-14,17-18,28,33,35-37,39-43,45-47,49-50,57,60,64H,15-16,19-27,29-32H2,1-11H3,(H,65,66)/p-1/b14-12+,17-13+,34-18+,38-28+/t33-,35-,36-,37-,39-,40+,41+,42+,43-,45+,46+,47-,49-,50+,55-/m1/s1. The van der Waals surface area contributed by atoms with Crippen LogP contribution < -0.4 is 0 Å². The van der Waals surface area contributed by atoms with E-state index in [1.807, 2.05) is 51.2 Å². The first-order valence-electron chi connectivity index (χ1n) is 26.2. The number of esters is 1. The van der Waals surface area contributed by atoms with Crippen LogP contribution in [0.1, 0.15) is 146 Å². The van der Waals surface area contributed by atoms with Crippen molar-refractivity contribution in [2.75, 3.05) is 26.5 Å². The number of rotatable bonds is 10. The molecular formula is C55H86NO15S-. The third-order valence-electron chi connectivity index (χ3n) is 15.5. The number of hydrogen-bond donors (Lipinski definition) is 3. The summed E-state index contributed by atoms with van der Waals surface area (Å²) in [5.41, 5.74) is 0.208. The second-order valence-electron chi connectivity index (χ2n) is 22.0. The summed E-state index contributed by atoms with van der Waals surface area (Å²) >= 11 is -2.30. The van der Waals surface area contributed by atoms with Crippen molar-refractivity contribution in [2.45, 2.75) is 206 Å². The lowest BCUT2D eigenvalue weighted by Gasteiger charge is -2.43. The Bertz CT molecular complexity index is 2000. The van der Waals surface area contributed by atoms with Crippen molar-refractivity contribution >= 4 is 40.3 Å². The number of cyclic esters (lactones) is 1. The highest BCUT2D eigenvalue weighted by Crippen LogP contribution is 2.38. The topological polar surface area (TPSA) is 236 Å². The summed E-state index contributed by atoms with van der Waals surface area (Å²) in [5.74, 6) is -8.70. The first-order chi connectivity index (χ1) is 33.8. The maximum Gasteiger partial charge on any atom is 0.329 e. The predicted octanol–water partition coefficient (Wildman–Crippen LogP) is 6.60. The minimum absolute atomic E-state index is 0.0398. The monoisotopic (exact) mass is 1030 g/mol. The van der Waals surface area contributed by atoms with E-state index in [1.54, 1.807) is 54.7 Å². The lowest BCUT2D eigenvalue weighted by Crippen LogP contribution is -2.61. The number of fused-ring (bicyclic) bond motifs is 3. The molecule has 16 atom stereocenters. The number of piperidine rings is 1. The molecule has 3 heterocycles. The fourth-order valence-corrected chi connectivity index (χ4v) is 11.4. The van der Waals surface area contributed by atoms with Gasteiger partial charge in [-0.05, 0) is 127 Å². The van der Waals surface area contributed by atoms with Crippen LogP contribution in [0, 0.1) is 35.5 Å². The first kappa shape index (κ1) is 61.3. The molecule has 2 saturated heterocycles. The maximum absolute atomic E-state index is 14.5. The molecule has 0 spiro atoms. The number of hydrogen-bond acceptors (Lipinski definition) is 15. The van der Waals surface area contributed by atoms with Crippen LogP contribution in [0.25, 0.3) is 0 Å². The normalized spacial score (nSPS) is 38.3. The van der Waals surface area contributed by atoms with Gasteiger partial charge in [0.2, 0.25) is 5.79 Å². The van der Waals surface area contributed by atoms with Crippen molar-refractivity contribution in [1.82, 2.24) is 4.90 Å². The van der Waals surface area contributed by atoms with E-state index in [-0.39, 0.29) is 73.4 Å². The molecule has 1 amide bonds. The molecule has 16 nitrogen and oxygen atoms in total. The Labute approximate surface area is 431 Å². The van der Waals surface area contributed by atoms with Gasteiger partial charge < -0.3 is 48.5 Å². The van der Waals surface area contributed by atoms with Crippen molar-refractivity contribution in [3.63, 3.8) is 0 Å². The molecule has 408 valence electrons. The van der Waals surface area contributed by atoms with Gasteiger partial charge in [-0.15, -0.1) is 0 Å². The summed E-state index contributed by atoms with van der Waals surface area (Å²) in [5, 5.41) is 34.2. The minimum Gasteiger partial charge on any atom is -0.772 e. The molecule has 17 heteroatoms. The van der Waals surface area contributed by atoms with Crippen LogP contribution in [0.2, 0.25) is 0 Å². The molecule has 72 heavy (non-hydrogen) atoms. The van der Waals surface area contributed by atoms with E-state index < -0.39 is 101 Å². The third kappa shape index (κ3) is 17.1. The summed E-state index contributed by atoms with van der Waals surface area (Å²) in [7, 11) is 2.92. The highest BCUT2D eigenvalue weighted by molar-refractivity contribution is 7.79. The molecule has 0 aromatic carbocycles. The zero-order valence-corrected chi connectivity index (χ0v) is 45.6. The van der Waals surface area contributed by atoms with Gasteiger partial charge in [0.15, 0.2) is 5.78 Å². The molecular weight excluding hydrogens is 947 g/mol. The molecule has 3 fully saturated rings. The molecule has 4 rings (SSSR count). The Balaban J connectivity index is 1.75. The van der Waals surface area contributed by atoms with Gasteiger partial charge in [-0.25, -0.2) is 4.79 Å². The smallest absolute Gasteiger partial charge is 0.329 e. The number of methoxy groups -OCH3 is 2. The molecule has 0 aromatic rings. The number of Topliss-reactive ketones (excluding diaryl/α,β-unsaturated/α-hetero) is 3. The summed E-state index contributed by atoms with van der Waals surface area (Å²) in [6.45, 7) is 16.1. The molecule has 1 aliphatic carbocycles. The average molecular weight is 1030 g/mol. The van der Waals surface area contributed by atoms with Crippen LogP contribution >= 0.6 is 0 Å². The van der Waals surface area contributed by atoms with Gasteiger partial charge >= 0.3 is 5.97 Å². The zero-order chi connectivity index (χ0) is 53.7. The van der Waals surface area contributed by atoms with Gasteiger partial charge in [0.05, 0.1) is 30.0 Å². The third-order valence-corrected chi connectivity index (χ3v) is 16.1. The van der Waals surface area contributed by atoms with E-state index in [1.165, 1.54) is 7.11 Å². The summed E-state index contributed by atoms with van der Waals surface area (Å²) in [4.78, 5) is 72.5. The quantitative estimate of drug-likeness (QED) is 0.0905. The fourth-order valence-electron chi connectivity index (χ4n) is 10.7. The van der Waals surface area contributed by atoms with Gasteiger partial charge in [-0.3, -0.25) is 23.4 Å². The van der Waals surface area contributed by atoms with Crippen molar-refractivity contribution < 1.29 is 71.7 Å². The molecule has 1 unspecified atom stereocenters. The second-order valence-corrected chi connectivity index (χ2v) is 23.0. The van der Waals surface area contributed by atoms with Crippen molar-refractivity contribution in [3.05, 3.63) is 47.6 Å². The Morgan fingerprint density at radius 1 is 0.917 bits per heavy atom. The first-order valence-corrected chi connectivity index (χ1v) is 27.4. The van der Waals surface area contributed by atoms with Crippen molar-refractivity contribution in [3.8, 4) is 0 Å². The summed E-state index contributed by atoms with van der Waals surface area (Å²) in [6, 6.07) is -1.19. The highest BCUT2D eigenvalue weighted by Gasteiger charge is 2.53. The van der Waals surface area contributed by atoms with Crippen LogP contribution in [0.15, 0.2) is 47.6 Å².